The van der Waals surface area contributed by atoms with Gasteiger partial charge in [-0.3, -0.25) is 14.9 Å². The van der Waals surface area contributed by atoms with Crippen LogP contribution < -0.4 is 10.2 Å². The maximum absolute atomic E-state index is 12.4. The summed E-state index contributed by atoms with van der Waals surface area (Å²) in [6, 6.07) is 7.76. The van der Waals surface area contributed by atoms with Gasteiger partial charge >= 0.3 is 0 Å². The van der Waals surface area contributed by atoms with Crippen LogP contribution in [-0.2, 0) is 6.54 Å². The third-order valence-electron chi connectivity index (χ3n) is 4.59. The lowest BCUT2D eigenvalue weighted by Crippen LogP contribution is -2.29. The van der Waals surface area contributed by atoms with Crippen LogP contribution in [0.25, 0.3) is 11.5 Å². The number of hydrogen-bond acceptors (Lipinski definition) is 6. The number of H-pyrrole nitrogens is 1. The fraction of sp³-hybridized carbons (Fsp3) is 0.316. The summed E-state index contributed by atoms with van der Waals surface area (Å²) in [6.45, 7) is 2.44. The number of amides is 1. The van der Waals surface area contributed by atoms with Crippen LogP contribution in [0.5, 0.6) is 0 Å². The van der Waals surface area contributed by atoms with Crippen LogP contribution in [0.4, 0.5) is 5.69 Å². The Morgan fingerprint density at radius 1 is 1.11 bits per heavy atom. The molecule has 8 nitrogen and oxygen atoms in total. The molecule has 4 rings (SSSR count). The van der Waals surface area contributed by atoms with Gasteiger partial charge in [-0.2, -0.15) is 5.10 Å². The van der Waals surface area contributed by atoms with Gasteiger partial charge in [0.2, 0.25) is 5.82 Å². The van der Waals surface area contributed by atoms with Gasteiger partial charge in [-0.1, -0.05) is 0 Å². The van der Waals surface area contributed by atoms with Crippen molar-refractivity contribution in [1.82, 2.24) is 30.5 Å². The first kappa shape index (κ1) is 17.1. The molecule has 1 fully saturated rings. The van der Waals surface area contributed by atoms with Gasteiger partial charge < -0.3 is 10.2 Å². The van der Waals surface area contributed by atoms with Crippen LogP contribution >= 0.6 is 0 Å². The molecule has 2 aromatic heterocycles. The van der Waals surface area contributed by atoms with Crippen molar-refractivity contribution >= 4 is 11.6 Å². The zero-order chi connectivity index (χ0) is 18.5. The van der Waals surface area contributed by atoms with Crippen LogP contribution in [0.2, 0.25) is 0 Å². The molecule has 0 spiro atoms. The van der Waals surface area contributed by atoms with Crippen molar-refractivity contribution in [3.05, 3.63) is 54.2 Å². The van der Waals surface area contributed by atoms with Crippen LogP contribution in [0.3, 0.4) is 0 Å². The number of nitrogens with zero attached hydrogens (tertiary/aromatic N) is 5. The summed E-state index contributed by atoms with van der Waals surface area (Å²) in [5.41, 5.74) is 2.39. The van der Waals surface area contributed by atoms with E-state index in [0.717, 1.165) is 13.1 Å². The molecule has 3 aromatic rings. The number of carbonyl (C=O) groups excluding carboxylic acids is 1. The van der Waals surface area contributed by atoms with E-state index in [0.29, 0.717) is 22.9 Å². The highest BCUT2D eigenvalue weighted by Gasteiger charge is 2.13. The zero-order valence-corrected chi connectivity index (χ0v) is 14.9. The Kier molecular flexibility index (Phi) is 5.04. The fourth-order valence-electron chi connectivity index (χ4n) is 3.15. The fourth-order valence-corrected chi connectivity index (χ4v) is 3.15. The van der Waals surface area contributed by atoms with E-state index in [1.54, 1.807) is 18.6 Å². The molecule has 3 heterocycles. The first-order valence-corrected chi connectivity index (χ1v) is 9.10. The Morgan fingerprint density at radius 2 is 1.93 bits per heavy atom. The lowest BCUT2D eigenvalue weighted by Gasteiger charge is -2.28. The Labute approximate surface area is 157 Å². The number of nitrogens with one attached hydrogen (secondary N) is 2. The Hall–Kier alpha value is -3.29. The van der Waals surface area contributed by atoms with E-state index in [1.807, 2.05) is 24.3 Å². The van der Waals surface area contributed by atoms with E-state index in [-0.39, 0.29) is 12.5 Å². The number of aromatic nitrogens is 5. The Balaban J connectivity index is 1.35. The Morgan fingerprint density at radius 3 is 2.67 bits per heavy atom. The molecule has 0 atom stereocenters. The first-order valence-electron chi connectivity index (χ1n) is 9.10. The van der Waals surface area contributed by atoms with Crippen molar-refractivity contribution < 1.29 is 4.79 Å². The standard InChI is InChI=1S/C19H21N7O/c27-19(14-4-6-15(7-5-14)26-10-2-1-3-11-26)22-13-17-23-18(25-24-17)16-12-20-8-9-21-16/h4-9,12H,1-3,10-11,13H2,(H,22,27)(H,23,24,25). The minimum Gasteiger partial charge on any atom is -0.372 e. The summed E-state index contributed by atoms with van der Waals surface area (Å²) < 4.78 is 0. The number of aromatic amines is 1. The van der Waals surface area contributed by atoms with Crippen molar-refractivity contribution in [2.24, 2.45) is 0 Å². The predicted molar refractivity (Wildman–Crippen MR) is 101 cm³/mol. The molecule has 0 bridgehead atoms. The number of carbonyl (C=O) groups is 1. The minimum atomic E-state index is -0.141. The number of anilines is 1. The first-order chi connectivity index (χ1) is 13.3. The summed E-state index contributed by atoms with van der Waals surface area (Å²) in [6.07, 6.45) is 8.53. The van der Waals surface area contributed by atoms with Gasteiger partial charge in [-0.05, 0) is 43.5 Å². The average molecular weight is 363 g/mol. The van der Waals surface area contributed by atoms with Gasteiger partial charge in [0.25, 0.3) is 5.91 Å². The molecule has 2 N–H and O–H groups in total. The summed E-state index contributed by atoms with van der Waals surface area (Å²) in [5, 5.41) is 9.77. The summed E-state index contributed by atoms with van der Waals surface area (Å²) in [5.74, 6) is 0.879. The van der Waals surface area contributed by atoms with E-state index in [2.05, 4.69) is 35.4 Å². The second-order valence-corrected chi connectivity index (χ2v) is 6.47. The van der Waals surface area contributed by atoms with Crippen LogP contribution in [0.1, 0.15) is 35.4 Å². The highest BCUT2D eigenvalue weighted by Crippen LogP contribution is 2.20. The molecule has 1 aliphatic rings. The average Bonchev–Trinajstić information content (AvgIpc) is 3.22. The van der Waals surface area contributed by atoms with Crippen molar-refractivity contribution in [3.8, 4) is 11.5 Å². The van der Waals surface area contributed by atoms with Gasteiger partial charge in [-0.15, -0.1) is 0 Å². The van der Waals surface area contributed by atoms with Gasteiger partial charge in [0.1, 0.15) is 11.5 Å². The number of hydrogen-bond donors (Lipinski definition) is 2. The molecule has 138 valence electrons. The summed E-state index contributed by atoms with van der Waals surface area (Å²) in [4.78, 5) is 27.2. The van der Waals surface area contributed by atoms with Gasteiger partial charge in [-0.25, -0.2) is 9.97 Å². The monoisotopic (exact) mass is 363 g/mol. The maximum Gasteiger partial charge on any atom is 0.251 e. The Bertz CT molecular complexity index is 886. The molecule has 1 amide bonds. The molecule has 0 radical (unpaired) electrons. The number of rotatable bonds is 5. The molecular formula is C19H21N7O. The molecule has 8 heteroatoms. The normalized spacial score (nSPS) is 14.1. The number of benzene rings is 1. The third kappa shape index (κ3) is 4.11. The van der Waals surface area contributed by atoms with E-state index in [9.17, 15) is 4.79 Å². The predicted octanol–water partition coefficient (Wildman–Crippen LogP) is 2.18. The van der Waals surface area contributed by atoms with E-state index >= 15 is 0 Å². The van der Waals surface area contributed by atoms with Crippen molar-refractivity contribution in [1.29, 1.82) is 0 Å². The second kappa shape index (κ2) is 7.94. The smallest absolute Gasteiger partial charge is 0.251 e. The van der Waals surface area contributed by atoms with E-state index < -0.39 is 0 Å². The van der Waals surface area contributed by atoms with Crippen LogP contribution in [-0.4, -0.2) is 44.1 Å². The van der Waals surface area contributed by atoms with E-state index in [4.69, 9.17) is 0 Å². The quantitative estimate of drug-likeness (QED) is 0.721. The van der Waals surface area contributed by atoms with Gasteiger partial charge in [0.15, 0.2) is 0 Å². The van der Waals surface area contributed by atoms with Crippen LogP contribution in [0, 0.1) is 0 Å². The second-order valence-electron chi connectivity index (χ2n) is 6.47. The number of piperidine rings is 1. The molecule has 1 saturated heterocycles. The molecule has 0 unspecified atom stereocenters. The molecule has 27 heavy (non-hydrogen) atoms. The maximum atomic E-state index is 12.4. The van der Waals surface area contributed by atoms with Gasteiger partial charge in [0, 0.05) is 36.7 Å². The van der Waals surface area contributed by atoms with Crippen molar-refractivity contribution in [3.63, 3.8) is 0 Å². The lowest BCUT2D eigenvalue weighted by atomic mass is 10.1. The van der Waals surface area contributed by atoms with Gasteiger partial charge in [0.05, 0.1) is 12.7 Å². The SMILES string of the molecule is O=C(NCc1nc(-c2cnccn2)n[nH]1)c1ccc(N2CCCCC2)cc1. The minimum absolute atomic E-state index is 0.141. The van der Waals surface area contributed by atoms with Crippen molar-refractivity contribution in [2.45, 2.75) is 25.8 Å². The summed E-state index contributed by atoms with van der Waals surface area (Å²) in [7, 11) is 0. The van der Waals surface area contributed by atoms with Crippen LogP contribution in [0.15, 0.2) is 42.9 Å². The molecular weight excluding hydrogens is 342 g/mol. The third-order valence-corrected chi connectivity index (χ3v) is 4.59. The zero-order valence-electron chi connectivity index (χ0n) is 14.9. The lowest BCUT2D eigenvalue weighted by molar-refractivity contribution is 0.0950. The summed E-state index contributed by atoms with van der Waals surface area (Å²) >= 11 is 0. The molecule has 0 saturated carbocycles. The molecule has 1 aromatic carbocycles. The largest absolute Gasteiger partial charge is 0.372 e. The molecule has 1 aliphatic heterocycles. The highest BCUT2D eigenvalue weighted by atomic mass is 16.1. The molecule has 0 aliphatic carbocycles. The van der Waals surface area contributed by atoms with E-state index in [1.165, 1.54) is 24.9 Å². The highest BCUT2D eigenvalue weighted by molar-refractivity contribution is 5.94. The van der Waals surface area contributed by atoms with Crippen molar-refractivity contribution in [2.75, 3.05) is 18.0 Å². The topological polar surface area (TPSA) is 99.7 Å².